The van der Waals surface area contributed by atoms with Crippen molar-refractivity contribution in [2.24, 2.45) is 0 Å². The molecule has 1 N–H and O–H groups in total. The maximum absolute atomic E-state index is 12.4. The lowest BCUT2D eigenvalue weighted by Gasteiger charge is -2.25. The molecule has 24 heavy (non-hydrogen) atoms. The molecule has 1 fully saturated rings. The molecule has 2 aromatic rings. The van der Waals surface area contributed by atoms with Gasteiger partial charge in [0.2, 0.25) is 5.91 Å². The molecule has 0 aliphatic carbocycles. The molecule has 2 aliphatic rings. The van der Waals surface area contributed by atoms with E-state index in [9.17, 15) is 9.59 Å². The van der Waals surface area contributed by atoms with E-state index >= 15 is 0 Å². The minimum absolute atomic E-state index is 0.0374. The quantitative estimate of drug-likeness (QED) is 0.806. The Balaban J connectivity index is 1.56. The smallest absolute Gasteiger partial charge is 0.276 e. The molecule has 1 aromatic heterocycles. The summed E-state index contributed by atoms with van der Waals surface area (Å²) in [7, 11) is 0. The maximum atomic E-state index is 12.4. The van der Waals surface area contributed by atoms with Crippen molar-refractivity contribution >= 4 is 11.8 Å². The molecule has 124 valence electrons. The van der Waals surface area contributed by atoms with Gasteiger partial charge in [-0.1, -0.05) is 5.21 Å². The number of nitrogens with zero attached hydrogens (tertiary/aromatic N) is 4. The Morgan fingerprint density at radius 3 is 2.88 bits per heavy atom. The average molecular weight is 329 g/mol. The van der Waals surface area contributed by atoms with Crippen molar-refractivity contribution in [2.75, 3.05) is 32.8 Å². The van der Waals surface area contributed by atoms with Crippen LogP contribution >= 0.6 is 0 Å². The number of ether oxygens (including phenoxy) is 2. The highest BCUT2D eigenvalue weighted by Gasteiger charge is 2.24. The SMILES string of the molecule is O=C1CN(C(=O)c2cn(-c3ccc4c(c3)OCCO4)nn2)CCN1. The van der Waals surface area contributed by atoms with Gasteiger partial charge in [0, 0.05) is 19.2 Å². The number of benzene rings is 1. The van der Waals surface area contributed by atoms with Gasteiger partial charge in [0.05, 0.1) is 18.4 Å². The van der Waals surface area contributed by atoms with Crippen molar-refractivity contribution in [1.82, 2.24) is 25.2 Å². The minimum Gasteiger partial charge on any atom is -0.486 e. The van der Waals surface area contributed by atoms with Gasteiger partial charge < -0.3 is 19.7 Å². The summed E-state index contributed by atoms with van der Waals surface area (Å²) in [5.41, 5.74) is 0.904. The van der Waals surface area contributed by atoms with Gasteiger partial charge in [0.15, 0.2) is 17.2 Å². The normalized spacial score (nSPS) is 16.7. The monoisotopic (exact) mass is 329 g/mol. The molecule has 9 heteroatoms. The van der Waals surface area contributed by atoms with E-state index in [0.29, 0.717) is 43.5 Å². The van der Waals surface area contributed by atoms with Crippen molar-refractivity contribution in [3.8, 4) is 17.2 Å². The molecule has 0 unspecified atom stereocenters. The topological polar surface area (TPSA) is 98.6 Å². The van der Waals surface area contributed by atoms with Gasteiger partial charge in [-0.15, -0.1) is 5.10 Å². The Labute approximate surface area is 137 Å². The molecule has 0 saturated carbocycles. The fourth-order valence-electron chi connectivity index (χ4n) is 2.64. The largest absolute Gasteiger partial charge is 0.486 e. The van der Waals surface area contributed by atoms with E-state index in [4.69, 9.17) is 9.47 Å². The summed E-state index contributed by atoms with van der Waals surface area (Å²) >= 11 is 0. The van der Waals surface area contributed by atoms with Gasteiger partial charge in [-0.2, -0.15) is 0 Å². The molecular formula is C15H15N5O4. The van der Waals surface area contributed by atoms with Gasteiger partial charge in [0.1, 0.15) is 13.2 Å². The van der Waals surface area contributed by atoms with Crippen molar-refractivity contribution in [1.29, 1.82) is 0 Å². The minimum atomic E-state index is -0.311. The molecule has 2 aliphatic heterocycles. The van der Waals surface area contributed by atoms with E-state index in [1.54, 1.807) is 18.3 Å². The van der Waals surface area contributed by atoms with Crippen molar-refractivity contribution in [3.63, 3.8) is 0 Å². The lowest BCUT2D eigenvalue weighted by atomic mass is 10.2. The summed E-state index contributed by atoms with van der Waals surface area (Å²) in [6, 6.07) is 5.39. The van der Waals surface area contributed by atoms with Crippen LogP contribution in [0, 0.1) is 0 Å². The molecule has 0 radical (unpaired) electrons. The van der Waals surface area contributed by atoms with E-state index in [-0.39, 0.29) is 24.1 Å². The van der Waals surface area contributed by atoms with E-state index in [2.05, 4.69) is 15.6 Å². The zero-order valence-electron chi connectivity index (χ0n) is 12.8. The summed E-state index contributed by atoms with van der Waals surface area (Å²) in [6.45, 7) is 1.96. The van der Waals surface area contributed by atoms with Crippen LogP contribution in [-0.2, 0) is 4.79 Å². The van der Waals surface area contributed by atoms with Crippen LogP contribution in [-0.4, -0.2) is 64.6 Å². The number of hydrogen-bond acceptors (Lipinski definition) is 6. The zero-order chi connectivity index (χ0) is 16.5. The standard InChI is InChI=1S/C15H15N5O4/c21-14-9-19(4-3-16-14)15(22)11-8-20(18-17-11)10-1-2-12-13(7-10)24-6-5-23-12/h1-2,7-8H,3-6,9H2,(H,16,21). The highest BCUT2D eigenvalue weighted by atomic mass is 16.6. The summed E-state index contributed by atoms with van der Waals surface area (Å²) in [6.07, 6.45) is 1.54. The number of carbonyl (C=O) groups is 2. The van der Waals surface area contributed by atoms with Gasteiger partial charge in [0.25, 0.3) is 5.91 Å². The van der Waals surface area contributed by atoms with Crippen LogP contribution in [0.4, 0.5) is 0 Å². The van der Waals surface area contributed by atoms with E-state index < -0.39 is 0 Å². The Hall–Kier alpha value is -3.10. The van der Waals surface area contributed by atoms with Crippen molar-refractivity contribution < 1.29 is 19.1 Å². The molecule has 0 atom stereocenters. The molecule has 4 rings (SSSR count). The molecule has 0 spiro atoms. The molecule has 0 bridgehead atoms. The third kappa shape index (κ3) is 2.64. The summed E-state index contributed by atoms with van der Waals surface area (Å²) in [5, 5.41) is 10.6. The molecule has 9 nitrogen and oxygen atoms in total. The molecule has 3 heterocycles. The maximum Gasteiger partial charge on any atom is 0.276 e. The fraction of sp³-hybridized carbons (Fsp3) is 0.333. The summed E-state index contributed by atoms with van der Waals surface area (Å²) < 4.78 is 12.5. The third-order valence-electron chi connectivity index (χ3n) is 3.83. The number of fused-ring (bicyclic) bond motifs is 1. The van der Waals surface area contributed by atoms with Crippen molar-refractivity contribution in [2.45, 2.75) is 0 Å². The number of nitrogens with one attached hydrogen (secondary N) is 1. The number of amides is 2. The molecule has 1 aromatic carbocycles. The Kier molecular flexibility index (Phi) is 3.52. The van der Waals surface area contributed by atoms with Crippen LogP contribution in [0.15, 0.2) is 24.4 Å². The second-order valence-electron chi connectivity index (χ2n) is 5.45. The lowest BCUT2D eigenvalue weighted by molar-refractivity contribution is -0.123. The molecule has 2 amide bonds. The fourth-order valence-corrected chi connectivity index (χ4v) is 2.64. The Bertz CT molecular complexity index is 803. The highest BCUT2D eigenvalue weighted by molar-refractivity contribution is 5.95. The van der Waals surface area contributed by atoms with Crippen LogP contribution in [0.5, 0.6) is 11.5 Å². The van der Waals surface area contributed by atoms with Gasteiger partial charge in [-0.05, 0) is 12.1 Å². The third-order valence-corrected chi connectivity index (χ3v) is 3.83. The first kappa shape index (κ1) is 14.5. The second kappa shape index (κ2) is 5.84. The van der Waals surface area contributed by atoms with E-state index in [1.807, 2.05) is 6.07 Å². The predicted molar refractivity (Wildman–Crippen MR) is 81.3 cm³/mol. The Morgan fingerprint density at radius 2 is 2.04 bits per heavy atom. The predicted octanol–water partition coefficient (Wildman–Crippen LogP) is -0.389. The summed E-state index contributed by atoms with van der Waals surface area (Å²) in [5.74, 6) is 0.832. The van der Waals surface area contributed by atoms with Crippen LogP contribution in [0.1, 0.15) is 10.5 Å². The van der Waals surface area contributed by atoms with E-state index in [0.717, 1.165) is 0 Å². The van der Waals surface area contributed by atoms with Gasteiger partial charge in [-0.3, -0.25) is 9.59 Å². The highest BCUT2D eigenvalue weighted by Crippen LogP contribution is 2.31. The second-order valence-corrected chi connectivity index (χ2v) is 5.45. The first-order valence-corrected chi connectivity index (χ1v) is 7.59. The Morgan fingerprint density at radius 1 is 1.21 bits per heavy atom. The number of hydrogen-bond donors (Lipinski definition) is 1. The molecule has 1 saturated heterocycles. The molecular weight excluding hydrogens is 314 g/mol. The number of aromatic nitrogens is 3. The van der Waals surface area contributed by atoms with Crippen LogP contribution in [0.2, 0.25) is 0 Å². The number of rotatable bonds is 2. The number of carbonyl (C=O) groups excluding carboxylic acids is 2. The lowest BCUT2D eigenvalue weighted by Crippen LogP contribution is -2.50. The van der Waals surface area contributed by atoms with Crippen LogP contribution < -0.4 is 14.8 Å². The average Bonchev–Trinajstić information content (AvgIpc) is 3.11. The first-order chi connectivity index (χ1) is 11.7. The van der Waals surface area contributed by atoms with Crippen LogP contribution in [0.3, 0.4) is 0 Å². The summed E-state index contributed by atoms with van der Waals surface area (Å²) in [4.78, 5) is 25.3. The van der Waals surface area contributed by atoms with E-state index in [1.165, 1.54) is 9.58 Å². The van der Waals surface area contributed by atoms with Crippen molar-refractivity contribution in [3.05, 3.63) is 30.1 Å². The van der Waals surface area contributed by atoms with Gasteiger partial charge in [-0.25, -0.2) is 4.68 Å². The van der Waals surface area contributed by atoms with Gasteiger partial charge >= 0.3 is 0 Å². The first-order valence-electron chi connectivity index (χ1n) is 7.59. The van der Waals surface area contributed by atoms with Crippen LogP contribution in [0.25, 0.3) is 5.69 Å². The number of piperazine rings is 1. The zero-order valence-corrected chi connectivity index (χ0v) is 12.8.